The van der Waals surface area contributed by atoms with Crippen molar-refractivity contribution in [3.63, 3.8) is 0 Å². The van der Waals surface area contributed by atoms with E-state index in [4.69, 9.17) is 9.73 Å². The summed E-state index contributed by atoms with van der Waals surface area (Å²) >= 11 is 0. The van der Waals surface area contributed by atoms with Crippen molar-refractivity contribution in [2.75, 3.05) is 11.4 Å². The Morgan fingerprint density at radius 3 is 2.47 bits per heavy atom. The number of unbranched alkanes of at least 4 members (excludes halogenated alkanes) is 5. The summed E-state index contributed by atoms with van der Waals surface area (Å²) in [6.45, 7) is 7.84. The van der Waals surface area contributed by atoms with Gasteiger partial charge in [0.05, 0.1) is 11.6 Å². The van der Waals surface area contributed by atoms with E-state index in [1.165, 1.54) is 48.7 Å². The number of benzene rings is 3. The van der Waals surface area contributed by atoms with E-state index in [1.807, 2.05) is 0 Å². The van der Waals surface area contributed by atoms with Gasteiger partial charge in [0.15, 0.2) is 0 Å². The molecule has 0 amide bonds. The van der Waals surface area contributed by atoms with Gasteiger partial charge in [0.1, 0.15) is 11.4 Å². The molecular weight excluding hydrogens is 392 g/mol. The SMILES string of the molecule is CCCCCCCCN1c2ccccc2C(C)(C)[C@@]12C=Nc1c(ccc3ccccc13)O2. The molecule has 166 valence electrons. The highest BCUT2D eigenvalue weighted by atomic mass is 16.5. The normalized spacial score (nSPS) is 20.4. The molecule has 0 radical (unpaired) electrons. The van der Waals surface area contributed by atoms with Crippen molar-refractivity contribution in [2.24, 2.45) is 4.99 Å². The fraction of sp³-hybridized carbons (Fsp3) is 0.414. The highest BCUT2D eigenvalue weighted by molar-refractivity contribution is 5.99. The molecule has 1 atom stereocenters. The van der Waals surface area contributed by atoms with Gasteiger partial charge in [0.25, 0.3) is 0 Å². The number of anilines is 1. The molecule has 0 aliphatic carbocycles. The number of aliphatic imine (C=N–C) groups is 1. The maximum atomic E-state index is 6.97. The molecule has 3 aromatic carbocycles. The number of rotatable bonds is 7. The molecule has 1 spiro atoms. The molecule has 0 N–H and O–H groups in total. The summed E-state index contributed by atoms with van der Waals surface area (Å²) < 4.78 is 6.97. The van der Waals surface area contributed by atoms with Gasteiger partial charge in [-0.15, -0.1) is 0 Å². The number of fused-ring (bicyclic) bond motifs is 4. The van der Waals surface area contributed by atoms with E-state index in [0.717, 1.165) is 29.8 Å². The first kappa shape index (κ1) is 21.1. The molecule has 3 heteroatoms. The van der Waals surface area contributed by atoms with E-state index < -0.39 is 5.72 Å². The average Bonchev–Trinajstić information content (AvgIpc) is 2.99. The van der Waals surface area contributed by atoms with Crippen LogP contribution in [0.4, 0.5) is 11.4 Å². The monoisotopic (exact) mass is 426 g/mol. The van der Waals surface area contributed by atoms with Crippen molar-refractivity contribution in [3.8, 4) is 5.75 Å². The molecule has 3 nitrogen and oxygen atoms in total. The summed E-state index contributed by atoms with van der Waals surface area (Å²) in [6, 6.07) is 21.4. The Morgan fingerprint density at radius 1 is 0.844 bits per heavy atom. The zero-order valence-electron chi connectivity index (χ0n) is 19.6. The molecule has 2 aliphatic rings. The maximum absolute atomic E-state index is 6.97. The van der Waals surface area contributed by atoms with Crippen molar-refractivity contribution in [1.29, 1.82) is 0 Å². The van der Waals surface area contributed by atoms with Gasteiger partial charge >= 0.3 is 0 Å². The van der Waals surface area contributed by atoms with Gasteiger partial charge in [0.2, 0.25) is 5.72 Å². The Labute approximate surface area is 192 Å². The second-order valence-electron chi connectivity index (χ2n) is 9.75. The molecule has 0 aromatic heterocycles. The lowest BCUT2D eigenvalue weighted by Crippen LogP contribution is -2.62. The number of nitrogens with zero attached hydrogens (tertiary/aromatic N) is 2. The first-order valence-corrected chi connectivity index (χ1v) is 12.2. The van der Waals surface area contributed by atoms with Gasteiger partial charge in [-0.05, 0) is 43.4 Å². The van der Waals surface area contributed by atoms with Crippen molar-refractivity contribution >= 4 is 28.4 Å². The van der Waals surface area contributed by atoms with Crippen molar-refractivity contribution < 1.29 is 4.74 Å². The third-order valence-corrected chi connectivity index (χ3v) is 7.40. The highest BCUT2D eigenvalue weighted by Gasteiger charge is 2.59. The predicted molar refractivity (Wildman–Crippen MR) is 136 cm³/mol. The van der Waals surface area contributed by atoms with Crippen LogP contribution < -0.4 is 9.64 Å². The Morgan fingerprint density at radius 2 is 1.59 bits per heavy atom. The van der Waals surface area contributed by atoms with Crippen LogP contribution in [0.3, 0.4) is 0 Å². The molecule has 0 saturated heterocycles. The minimum atomic E-state index is -0.616. The summed E-state index contributed by atoms with van der Waals surface area (Å²) in [6.07, 6.45) is 9.77. The average molecular weight is 427 g/mol. The Kier molecular flexibility index (Phi) is 5.44. The van der Waals surface area contributed by atoms with Gasteiger partial charge in [-0.2, -0.15) is 0 Å². The predicted octanol–water partition coefficient (Wildman–Crippen LogP) is 7.79. The molecule has 5 rings (SSSR count). The van der Waals surface area contributed by atoms with Crippen LogP contribution >= 0.6 is 0 Å². The van der Waals surface area contributed by atoms with E-state index in [0.29, 0.717) is 0 Å². The number of hydrogen-bond donors (Lipinski definition) is 0. The van der Waals surface area contributed by atoms with Crippen LogP contribution in [-0.4, -0.2) is 18.5 Å². The van der Waals surface area contributed by atoms with Gasteiger partial charge in [-0.25, -0.2) is 0 Å². The summed E-state index contributed by atoms with van der Waals surface area (Å²) in [5.41, 5.74) is 2.72. The molecule has 0 unspecified atom stereocenters. The van der Waals surface area contributed by atoms with Gasteiger partial charge in [0, 0.05) is 17.6 Å². The third kappa shape index (κ3) is 3.21. The summed E-state index contributed by atoms with van der Waals surface area (Å²) in [5, 5.41) is 2.34. The smallest absolute Gasteiger partial charge is 0.228 e. The maximum Gasteiger partial charge on any atom is 0.228 e. The lowest BCUT2D eigenvalue weighted by molar-refractivity contribution is 0.0774. The number of hydrogen-bond acceptors (Lipinski definition) is 3. The molecule has 0 fully saturated rings. The first-order valence-electron chi connectivity index (χ1n) is 12.2. The molecule has 2 aliphatic heterocycles. The van der Waals surface area contributed by atoms with Crippen LogP contribution in [0.1, 0.15) is 64.9 Å². The molecular formula is C29H34N2O. The fourth-order valence-electron chi connectivity index (χ4n) is 5.49. The Hall–Kier alpha value is -2.81. The van der Waals surface area contributed by atoms with Crippen LogP contribution in [-0.2, 0) is 5.41 Å². The Balaban J connectivity index is 1.51. The molecule has 32 heavy (non-hydrogen) atoms. The minimum Gasteiger partial charge on any atom is -0.459 e. The molecule has 0 bridgehead atoms. The van der Waals surface area contributed by atoms with Crippen LogP contribution in [0.15, 0.2) is 65.7 Å². The molecule has 0 saturated carbocycles. The number of para-hydroxylation sites is 1. The second kappa shape index (κ2) is 8.27. The molecule has 3 aromatic rings. The molecule has 2 heterocycles. The minimum absolute atomic E-state index is 0.224. The van der Waals surface area contributed by atoms with Crippen molar-refractivity contribution in [1.82, 2.24) is 0 Å². The van der Waals surface area contributed by atoms with Crippen LogP contribution in [0.2, 0.25) is 0 Å². The third-order valence-electron chi connectivity index (χ3n) is 7.40. The van der Waals surface area contributed by atoms with Crippen LogP contribution in [0.5, 0.6) is 5.75 Å². The van der Waals surface area contributed by atoms with Crippen molar-refractivity contribution in [3.05, 3.63) is 66.2 Å². The van der Waals surface area contributed by atoms with E-state index in [1.54, 1.807) is 0 Å². The fourth-order valence-corrected chi connectivity index (χ4v) is 5.49. The zero-order chi connectivity index (χ0) is 22.2. The highest BCUT2D eigenvalue weighted by Crippen LogP contribution is 2.54. The summed E-state index contributed by atoms with van der Waals surface area (Å²) in [7, 11) is 0. The van der Waals surface area contributed by atoms with E-state index in [2.05, 4.69) is 92.5 Å². The van der Waals surface area contributed by atoms with E-state index in [-0.39, 0.29) is 5.41 Å². The van der Waals surface area contributed by atoms with Crippen LogP contribution in [0, 0.1) is 0 Å². The standard InChI is InChI=1S/C29H34N2O/c1-4-5-6-7-8-13-20-31-25-17-12-11-16-24(25)28(2,3)29(31)21-30-27-23-15-10-9-14-22(23)18-19-26(27)32-29/h9-12,14-19,21H,4-8,13,20H2,1-3H3/t29-/m0/s1. The van der Waals surface area contributed by atoms with Crippen molar-refractivity contribution in [2.45, 2.75) is 70.4 Å². The Bertz CT molecular complexity index is 1150. The van der Waals surface area contributed by atoms with E-state index in [9.17, 15) is 0 Å². The second-order valence-corrected chi connectivity index (χ2v) is 9.75. The zero-order valence-corrected chi connectivity index (χ0v) is 19.6. The quantitative estimate of drug-likeness (QED) is 0.360. The topological polar surface area (TPSA) is 24.8 Å². The number of ether oxygens (including phenoxy) is 1. The summed E-state index contributed by atoms with van der Waals surface area (Å²) in [4.78, 5) is 7.54. The lowest BCUT2D eigenvalue weighted by Gasteiger charge is -2.46. The van der Waals surface area contributed by atoms with Gasteiger partial charge in [-0.3, -0.25) is 4.99 Å². The largest absolute Gasteiger partial charge is 0.459 e. The van der Waals surface area contributed by atoms with Gasteiger partial charge < -0.3 is 9.64 Å². The van der Waals surface area contributed by atoms with E-state index >= 15 is 0 Å². The first-order chi connectivity index (χ1) is 15.6. The van der Waals surface area contributed by atoms with Crippen LogP contribution in [0.25, 0.3) is 10.8 Å². The van der Waals surface area contributed by atoms with Gasteiger partial charge in [-0.1, -0.05) is 87.6 Å². The summed E-state index contributed by atoms with van der Waals surface area (Å²) in [5.74, 6) is 0.875. The lowest BCUT2D eigenvalue weighted by atomic mass is 9.77.